The van der Waals surface area contributed by atoms with Gasteiger partial charge in [-0.2, -0.15) is 0 Å². The lowest BCUT2D eigenvalue weighted by Crippen LogP contribution is -2.34. The largest absolute Gasteiger partial charge is 0.291 e. The van der Waals surface area contributed by atoms with Crippen LogP contribution in [0.15, 0.2) is 48.1 Å². The number of benzene rings is 1. The SMILES string of the molecule is O=C1CCC2C(=CC=C3c4ccccc4C=CC32)C1=O. The van der Waals surface area contributed by atoms with Crippen molar-refractivity contribution in [3.05, 3.63) is 59.2 Å². The molecule has 0 spiro atoms. The summed E-state index contributed by atoms with van der Waals surface area (Å²) < 4.78 is 0. The highest BCUT2D eigenvalue weighted by molar-refractivity contribution is 6.44. The van der Waals surface area contributed by atoms with Crippen LogP contribution < -0.4 is 0 Å². The highest BCUT2D eigenvalue weighted by atomic mass is 16.2. The average Bonchev–Trinajstić information content (AvgIpc) is 2.50. The van der Waals surface area contributed by atoms with E-state index in [1.54, 1.807) is 0 Å². The molecule has 0 bridgehead atoms. The van der Waals surface area contributed by atoms with Gasteiger partial charge in [0.2, 0.25) is 11.6 Å². The normalized spacial score (nSPS) is 27.2. The van der Waals surface area contributed by atoms with E-state index >= 15 is 0 Å². The molecule has 0 aliphatic heterocycles. The van der Waals surface area contributed by atoms with Crippen molar-refractivity contribution in [2.24, 2.45) is 11.8 Å². The second-order valence-electron chi connectivity index (χ2n) is 5.61. The summed E-state index contributed by atoms with van der Waals surface area (Å²) in [5.74, 6) is -0.0971. The van der Waals surface area contributed by atoms with Crippen LogP contribution in [0.1, 0.15) is 24.0 Å². The van der Waals surface area contributed by atoms with E-state index in [9.17, 15) is 9.59 Å². The molecule has 2 heteroatoms. The number of allylic oxidation sites excluding steroid dienone is 5. The number of carbonyl (C=O) groups is 2. The minimum absolute atomic E-state index is 0.171. The molecule has 0 N–H and O–H groups in total. The molecule has 2 unspecified atom stereocenters. The third-order valence-corrected chi connectivity index (χ3v) is 4.59. The molecule has 0 amide bonds. The average molecular weight is 262 g/mol. The summed E-state index contributed by atoms with van der Waals surface area (Å²) in [5.41, 5.74) is 4.46. The predicted octanol–water partition coefficient (Wildman–Crippen LogP) is 3.20. The fourth-order valence-electron chi connectivity index (χ4n) is 3.58. The first-order valence-corrected chi connectivity index (χ1v) is 7.02. The molecule has 1 saturated carbocycles. The molecule has 0 saturated heterocycles. The summed E-state index contributed by atoms with van der Waals surface area (Å²) in [6.45, 7) is 0. The molecule has 0 aromatic heterocycles. The summed E-state index contributed by atoms with van der Waals surface area (Å²) in [5, 5.41) is 0. The zero-order valence-electron chi connectivity index (χ0n) is 11.0. The fourth-order valence-corrected chi connectivity index (χ4v) is 3.58. The first-order chi connectivity index (χ1) is 9.75. The van der Waals surface area contributed by atoms with Crippen LogP contribution in [0.3, 0.4) is 0 Å². The van der Waals surface area contributed by atoms with E-state index in [2.05, 4.69) is 24.3 Å². The van der Waals surface area contributed by atoms with E-state index in [0.717, 1.165) is 6.42 Å². The number of fused-ring (bicyclic) bond motifs is 5. The lowest BCUT2D eigenvalue weighted by atomic mass is 9.66. The molecule has 1 fully saturated rings. The van der Waals surface area contributed by atoms with E-state index in [1.165, 1.54) is 16.7 Å². The second-order valence-corrected chi connectivity index (χ2v) is 5.61. The van der Waals surface area contributed by atoms with Gasteiger partial charge < -0.3 is 0 Å². The maximum Gasteiger partial charge on any atom is 0.224 e. The quantitative estimate of drug-likeness (QED) is 0.673. The van der Waals surface area contributed by atoms with Crippen molar-refractivity contribution in [3.8, 4) is 0 Å². The minimum Gasteiger partial charge on any atom is -0.291 e. The topological polar surface area (TPSA) is 34.1 Å². The van der Waals surface area contributed by atoms with Crippen LogP contribution in [-0.4, -0.2) is 11.6 Å². The minimum atomic E-state index is -0.274. The number of hydrogen-bond acceptors (Lipinski definition) is 2. The van der Waals surface area contributed by atoms with Gasteiger partial charge in [0.15, 0.2) is 0 Å². The Morgan fingerprint density at radius 2 is 1.80 bits per heavy atom. The van der Waals surface area contributed by atoms with Crippen molar-refractivity contribution >= 4 is 23.2 Å². The third-order valence-electron chi connectivity index (χ3n) is 4.59. The monoisotopic (exact) mass is 262 g/mol. The van der Waals surface area contributed by atoms with Gasteiger partial charge in [-0.25, -0.2) is 0 Å². The van der Waals surface area contributed by atoms with E-state index in [1.807, 2.05) is 24.3 Å². The van der Waals surface area contributed by atoms with Crippen LogP contribution in [0.2, 0.25) is 0 Å². The predicted molar refractivity (Wildman–Crippen MR) is 77.8 cm³/mol. The van der Waals surface area contributed by atoms with Gasteiger partial charge >= 0.3 is 0 Å². The van der Waals surface area contributed by atoms with Crippen molar-refractivity contribution in [2.45, 2.75) is 12.8 Å². The Morgan fingerprint density at radius 3 is 2.70 bits per heavy atom. The number of carbonyl (C=O) groups excluding carboxylic acids is 2. The van der Waals surface area contributed by atoms with Crippen LogP contribution in [0.5, 0.6) is 0 Å². The fraction of sp³-hybridized carbons (Fsp3) is 0.222. The molecule has 1 aromatic carbocycles. The smallest absolute Gasteiger partial charge is 0.224 e. The Hall–Kier alpha value is -2.22. The van der Waals surface area contributed by atoms with Gasteiger partial charge in [-0.1, -0.05) is 48.6 Å². The molecule has 0 radical (unpaired) electrons. The highest BCUT2D eigenvalue weighted by Crippen LogP contribution is 2.45. The number of rotatable bonds is 0. The maximum atomic E-state index is 12.0. The van der Waals surface area contributed by atoms with E-state index in [0.29, 0.717) is 12.0 Å². The molecule has 2 nitrogen and oxygen atoms in total. The van der Waals surface area contributed by atoms with E-state index in [-0.39, 0.29) is 23.4 Å². The van der Waals surface area contributed by atoms with Crippen LogP contribution in [0.4, 0.5) is 0 Å². The summed E-state index contributed by atoms with van der Waals surface area (Å²) in [7, 11) is 0. The molecule has 98 valence electrons. The lowest BCUT2D eigenvalue weighted by Gasteiger charge is -2.36. The van der Waals surface area contributed by atoms with Crippen molar-refractivity contribution in [1.82, 2.24) is 0 Å². The molecule has 3 aliphatic rings. The molecular formula is C18H14O2. The molecule has 0 heterocycles. The standard InChI is InChI=1S/C18H14O2/c19-17-10-9-15-14-6-5-11-3-1-2-4-12(11)13(14)7-8-16(15)18(17)20/h1-8,14-15H,9-10H2. The number of hydrogen-bond donors (Lipinski definition) is 0. The molecule has 4 rings (SSSR count). The molecule has 2 atom stereocenters. The summed E-state index contributed by atoms with van der Waals surface area (Å²) in [6, 6.07) is 8.33. The van der Waals surface area contributed by atoms with Gasteiger partial charge in [0.05, 0.1) is 0 Å². The molecule has 3 aliphatic carbocycles. The van der Waals surface area contributed by atoms with Crippen LogP contribution in [0.25, 0.3) is 11.6 Å². The van der Waals surface area contributed by atoms with Crippen LogP contribution >= 0.6 is 0 Å². The van der Waals surface area contributed by atoms with Crippen molar-refractivity contribution < 1.29 is 9.59 Å². The van der Waals surface area contributed by atoms with Crippen molar-refractivity contribution in [3.63, 3.8) is 0 Å². The van der Waals surface area contributed by atoms with Gasteiger partial charge in [-0.15, -0.1) is 0 Å². The zero-order valence-corrected chi connectivity index (χ0v) is 11.0. The van der Waals surface area contributed by atoms with Gasteiger partial charge in [-0.05, 0) is 29.0 Å². The zero-order chi connectivity index (χ0) is 13.7. The van der Waals surface area contributed by atoms with Gasteiger partial charge in [-0.3, -0.25) is 9.59 Å². The molecule has 1 aromatic rings. The summed E-state index contributed by atoms with van der Waals surface area (Å²) >= 11 is 0. The Morgan fingerprint density at radius 1 is 1.00 bits per heavy atom. The number of ketones is 2. The second kappa shape index (κ2) is 4.14. The first kappa shape index (κ1) is 11.6. The van der Waals surface area contributed by atoms with E-state index < -0.39 is 0 Å². The van der Waals surface area contributed by atoms with Gasteiger partial charge in [0, 0.05) is 17.9 Å². The van der Waals surface area contributed by atoms with E-state index in [4.69, 9.17) is 0 Å². The number of Topliss-reactive ketones (excluding diaryl/α,β-unsaturated/α-hetero) is 2. The van der Waals surface area contributed by atoms with Crippen LogP contribution in [-0.2, 0) is 9.59 Å². The summed E-state index contributed by atoms with van der Waals surface area (Å²) in [4.78, 5) is 23.6. The maximum absolute atomic E-state index is 12.0. The Balaban J connectivity index is 1.86. The van der Waals surface area contributed by atoms with Gasteiger partial charge in [0.1, 0.15) is 0 Å². The Bertz CT molecular complexity index is 719. The first-order valence-electron chi connectivity index (χ1n) is 7.02. The summed E-state index contributed by atoms with van der Waals surface area (Å²) in [6.07, 6.45) is 9.39. The third kappa shape index (κ3) is 1.51. The van der Waals surface area contributed by atoms with Crippen molar-refractivity contribution in [1.29, 1.82) is 0 Å². The Kier molecular flexibility index (Phi) is 2.40. The lowest BCUT2D eigenvalue weighted by molar-refractivity contribution is -0.136. The van der Waals surface area contributed by atoms with Crippen molar-refractivity contribution in [2.75, 3.05) is 0 Å². The van der Waals surface area contributed by atoms with Gasteiger partial charge in [0.25, 0.3) is 0 Å². The Labute approximate surface area is 117 Å². The molecular weight excluding hydrogens is 248 g/mol. The molecule has 20 heavy (non-hydrogen) atoms. The highest BCUT2D eigenvalue weighted by Gasteiger charge is 2.39. The van der Waals surface area contributed by atoms with Crippen LogP contribution in [0, 0.1) is 11.8 Å².